The lowest BCUT2D eigenvalue weighted by Gasteiger charge is -2.25. The number of esters is 1. The van der Waals surface area contributed by atoms with Crippen LogP contribution in [0, 0.1) is 12.7 Å². The average Bonchev–Trinajstić information content (AvgIpc) is 2.83. The number of carbonyl (C=O) groups excluding carboxylic acids is 2. The molecule has 0 atom stereocenters. The number of rotatable bonds is 8. The molecule has 0 unspecified atom stereocenters. The van der Waals surface area contributed by atoms with Crippen molar-refractivity contribution >= 4 is 33.3 Å². The van der Waals surface area contributed by atoms with Crippen LogP contribution in [0.2, 0.25) is 0 Å². The van der Waals surface area contributed by atoms with Crippen molar-refractivity contribution in [2.45, 2.75) is 11.8 Å². The Balaban J connectivity index is 1.94. The minimum Gasteiger partial charge on any atom is -0.495 e. The summed E-state index contributed by atoms with van der Waals surface area (Å²) in [7, 11) is -1.68. The molecule has 0 aromatic heterocycles. The van der Waals surface area contributed by atoms with Crippen LogP contribution in [0.4, 0.5) is 15.8 Å². The Morgan fingerprint density at radius 1 is 0.971 bits per heavy atom. The summed E-state index contributed by atoms with van der Waals surface area (Å²) in [6, 6.07) is 15.3. The van der Waals surface area contributed by atoms with Gasteiger partial charge >= 0.3 is 5.97 Å². The van der Waals surface area contributed by atoms with Gasteiger partial charge in [-0.05, 0) is 73.2 Å². The molecule has 10 heteroatoms. The quantitative estimate of drug-likeness (QED) is 0.487. The molecule has 0 bridgehead atoms. The Morgan fingerprint density at radius 3 is 2.21 bits per heavy atom. The van der Waals surface area contributed by atoms with Crippen molar-refractivity contribution in [3.05, 3.63) is 83.7 Å². The molecule has 0 radical (unpaired) electrons. The van der Waals surface area contributed by atoms with Gasteiger partial charge in [0.1, 0.15) is 23.0 Å². The molecule has 8 nitrogen and oxygen atoms in total. The number of aryl methyl sites for hydroxylation is 1. The summed E-state index contributed by atoms with van der Waals surface area (Å²) >= 11 is 0. The highest BCUT2D eigenvalue weighted by Crippen LogP contribution is 2.31. The topological polar surface area (TPSA) is 102 Å². The summed E-state index contributed by atoms with van der Waals surface area (Å²) in [6.45, 7) is 1.13. The van der Waals surface area contributed by atoms with E-state index in [4.69, 9.17) is 4.74 Å². The summed E-state index contributed by atoms with van der Waals surface area (Å²) < 4.78 is 51.5. The van der Waals surface area contributed by atoms with E-state index in [1.165, 1.54) is 62.8 Å². The summed E-state index contributed by atoms with van der Waals surface area (Å²) in [6.07, 6.45) is 0. The van der Waals surface area contributed by atoms with E-state index in [0.717, 1.165) is 16.4 Å². The Morgan fingerprint density at radius 2 is 1.62 bits per heavy atom. The monoisotopic (exact) mass is 486 g/mol. The third kappa shape index (κ3) is 5.52. The fourth-order valence-electron chi connectivity index (χ4n) is 3.17. The van der Waals surface area contributed by atoms with E-state index in [2.05, 4.69) is 10.1 Å². The summed E-state index contributed by atoms with van der Waals surface area (Å²) in [5, 5.41) is 2.60. The first-order valence-electron chi connectivity index (χ1n) is 10.1. The first kappa shape index (κ1) is 24.7. The average molecular weight is 487 g/mol. The van der Waals surface area contributed by atoms with E-state index in [9.17, 15) is 22.4 Å². The summed E-state index contributed by atoms with van der Waals surface area (Å²) in [5.41, 5.74) is 1.42. The van der Waals surface area contributed by atoms with Gasteiger partial charge in [0.05, 0.1) is 25.5 Å². The zero-order valence-corrected chi connectivity index (χ0v) is 19.6. The van der Waals surface area contributed by atoms with Crippen LogP contribution in [0.15, 0.2) is 71.6 Å². The van der Waals surface area contributed by atoms with Gasteiger partial charge in [0, 0.05) is 5.69 Å². The molecule has 1 amide bonds. The number of hydrogen-bond donors (Lipinski definition) is 1. The molecule has 0 aliphatic rings. The number of sulfonamides is 1. The molecule has 0 fully saturated rings. The lowest BCUT2D eigenvalue weighted by molar-refractivity contribution is -0.114. The number of ether oxygens (including phenoxy) is 2. The molecule has 3 rings (SSSR count). The van der Waals surface area contributed by atoms with Crippen LogP contribution in [0.5, 0.6) is 5.75 Å². The number of anilines is 2. The molecule has 34 heavy (non-hydrogen) atoms. The number of halogens is 1. The Kier molecular flexibility index (Phi) is 7.52. The predicted molar refractivity (Wildman–Crippen MR) is 125 cm³/mol. The normalized spacial score (nSPS) is 10.9. The van der Waals surface area contributed by atoms with E-state index in [0.29, 0.717) is 16.8 Å². The summed E-state index contributed by atoms with van der Waals surface area (Å²) in [5.74, 6) is -1.62. The second-order valence-corrected chi connectivity index (χ2v) is 9.09. The van der Waals surface area contributed by atoms with Gasteiger partial charge < -0.3 is 14.8 Å². The molecular weight excluding hydrogens is 463 g/mol. The zero-order valence-electron chi connectivity index (χ0n) is 18.7. The van der Waals surface area contributed by atoms with Crippen LogP contribution in [0.1, 0.15) is 15.9 Å². The minimum absolute atomic E-state index is 0.0983. The molecule has 0 saturated carbocycles. The molecule has 3 aromatic carbocycles. The second-order valence-electron chi connectivity index (χ2n) is 7.26. The van der Waals surface area contributed by atoms with Crippen LogP contribution < -0.4 is 14.4 Å². The number of methoxy groups -OCH3 is 2. The van der Waals surface area contributed by atoms with Crippen LogP contribution in [0.25, 0.3) is 0 Å². The fourth-order valence-corrected chi connectivity index (χ4v) is 4.83. The molecular formula is C24H23FN2O6S. The maximum Gasteiger partial charge on any atom is 0.337 e. The molecule has 0 aliphatic heterocycles. The molecule has 178 valence electrons. The number of hydrogen-bond acceptors (Lipinski definition) is 6. The van der Waals surface area contributed by atoms with Gasteiger partial charge in [-0.1, -0.05) is 6.07 Å². The Bertz CT molecular complexity index is 1290. The summed E-state index contributed by atoms with van der Waals surface area (Å²) in [4.78, 5) is 24.3. The third-order valence-corrected chi connectivity index (χ3v) is 6.67. The highest BCUT2D eigenvalue weighted by molar-refractivity contribution is 7.93. The van der Waals surface area contributed by atoms with Crippen molar-refractivity contribution < 1.29 is 31.9 Å². The smallest absolute Gasteiger partial charge is 0.337 e. The van der Waals surface area contributed by atoms with Gasteiger partial charge in [-0.15, -0.1) is 0 Å². The second kappa shape index (κ2) is 10.3. The highest BCUT2D eigenvalue weighted by Gasteiger charge is 2.30. The first-order chi connectivity index (χ1) is 16.1. The van der Waals surface area contributed by atoms with E-state index in [1.54, 1.807) is 13.0 Å². The van der Waals surface area contributed by atoms with Crippen molar-refractivity contribution in [2.75, 3.05) is 30.4 Å². The molecule has 3 aromatic rings. The standard InChI is InChI=1S/C24H23FN2O6S/c1-16-4-13-21(32-2)22(14-16)34(30,31)27(20-11-7-18(25)8-12-20)15-23(28)26-19-9-5-17(6-10-19)24(29)33-3/h4-14H,15H2,1-3H3,(H,26,28). The Labute approximate surface area is 197 Å². The van der Waals surface area contributed by atoms with Crippen LogP contribution >= 0.6 is 0 Å². The molecule has 0 saturated heterocycles. The van der Waals surface area contributed by atoms with E-state index in [-0.39, 0.29) is 16.3 Å². The van der Waals surface area contributed by atoms with Crippen LogP contribution in [-0.4, -0.2) is 41.1 Å². The number of nitrogens with zero attached hydrogens (tertiary/aromatic N) is 1. The third-order valence-electron chi connectivity index (χ3n) is 4.88. The highest BCUT2D eigenvalue weighted by atomic mass is 32.2. The SMILES string of the molecule is COC(=O)c1ccc(NC(=O)CN(c2ccc(F)cc2)S(=O)(=O)c2cc(C)ccc2OC)cc1. The molecule has 0 heterocycles. The van der Waals surface area contributed by atoms with Gasteiger partial charge in [-0.2, -0.15) is 0 Å². The fraction of sp³-hybridized carbons (Fsp3) is 0.167. The zero-order chi connectivity index (χ0) is 24.9. The van der Waals surface area contributed by atoms with Crippen molar-refractivity contribution in [1.82, 2.24) is 0 Å². The van der Waals surface area contributed by atoms with Gasteiger partial charge in [-0.25, -0.2) is 17.6 Å². The minimum atomic E-state index is -4.28. The van der Waals surface area contributed by atoms with E-state index >= 15 is 0 Å². The van der Waals surface area contributed by atoms with Gasteiger partial charge in [-0.3, -0.25) is 9.10 Å². The van der Waals surface area contributed by atoms with Crippen molar-refractivity contribution in [3.8, 4) is 5.75 Å². The lowest BCUT2D eigenvalue weighted by Crippen LogP contribution is -2.38. The molecule has 0 spiro atoms. The Hall–Kier alpha value is -3.92. The largest absolute Gasteiger partial charge is 0.495 e. The maximum atomic E-state index is 13.6. The van der Waals surface area contributed by atoms with Crippen molar-refractivity contribution in [2.24, 2.45) is 0 Å². The van der Waals surface area contributed by atoms with Crippen LogP contribution in [-0.2, 0) is 19.6 Å². The van der Waals surface area contributed by atoms with Crippen molar-refractivity contribution in [1.29, 1.82) is 0 Å². The van der Waals surface area contributed by atoms with Gasteiger partial charge in [0.25, 0.3) is 10.0 Å². The number of nitrogens with one attached hydrogen (secondary N) is 1. The van der Waals surface area contributed by atoms with Gasteiger partial charge in [0.2, 0.25) is 5.91 Å². The maximum absolute atomic E-state index is 13.6. The van der Waals surface area contributed by atoms with E-state index < -0.39 is 34.3 Å². The predicted octanol–water partition coefficient (Wildman–Crippen LogP) is 3.76. The van der Waals surface area contributed by atoms with Crippen molar-refractivity contribution in [3.63, 3.8) is 0 Å². The lowest BCUT2D eigenvalue weighted by atomic mass is 10.2. The van der Waals surface area contributed by atoms with Crippen LogP contribution in [0.3, 0.4) is 0 Å². The number of benzene rings is 3. The molecule has 1 N–H and O–H groups in total. The number of carbonyl (C=O) groups is 2. The number of amides is 1. The first-order valence-corrected chi connectivity index (χ1v) is 11.5. The van der Waals surface area contributed by atoms with E-state index in [1.807, 2.05) is 0 Å². The van der Waals surface area contributed by atoms with Gasteiger partial charge in [0.15, 0.2) is 0 Å². The molecule has 0 aliphatic carbocycles.